The van der Waals surface area contributed by atoms with Gasteiger partial charge in [-0.1, -0.05) is 74.5 Å². The quantitative estimate of drug-likeness (QED) is 0.148. The van der Waals surface area contributed by atoms with Gasteiger partial charge in [0.05, 0.1) is 5.41 Å². The first-order valence-corrected chi connectivity index (χ1v) is 14.0. The molecule has 0 unspecified atom stereocenters. The molecule has 0 aromatic heterocycles. The van der Waals surface area contributed by atoms with Crippen molar-refractivity contribution < 1.29 is 4.58 Å². The van der Waals surface area contributed by atoms with Crippen molar-refractivity contribution in [3.05, 3.63) is 108 Å². The maximum atomic E-state index is 5.63. The number of benzene rings is 4. The number of allylic oxidation sites excluding steroid dienone is 4. The largest absolute Gasteiger partial charge is 0.344 e. The van der Waals surface area contributed by atoms with Crippen molar-refractivity contribution in [3.8, 4) is 12.3 Å². The lowest BCUT2D eigenvalue weighted by molar-refractivity contribution is -0.401. The van der Waals surface area contributed by atoms with Gasteiger partial charge in [-0.25, -0.2) is 0 Å². The molecule has 0 saturated carbocycles. The third-order valence-corrected chi connectivity index (χ3v) is 8.86. The number of anilines is 1. The SMILES string of the molecule is C#CCCCN1/C(=C/C=C/C2=[N+](C)c3ccc4ccccc4c3C2(C)C)C(C)(C)c2c1ccc1ccccc21. The maximum absolute atomic E-state index is 5.63. The van der Waals surface area contributed by atoms with Crippen LogP contribution in [0, 0.1) is 12.3 Å². The number of hydrogen-bond donors (Lipinski definition) is 0. The fraction of sp³-hybridized carbons (Fsp3) is 0.270. The van der Waals surface area contributed by atoms with Gasteiger partial charge < -0.3 is 4.90 Å². The number of unbranched alkanes of at least 4 members (excludes halogenated alkanes) is 1. The number of hydrogen-bond acceptors (Lipinski definition) is 1. The lowest BCUT2D eigenvalue weighted by atomic mass is 9.79. The first-order chi connectivity index (χ1) is 18.8. The summed E-state index contributed by atoms with van der Waals surface area (Å²) in [5, 5.41) is 5.26. The summed E-state index contributed by atoms with van der Waals surface area (Å²) in [6.45, 7) is 10.3. The van der Waals surface area contributed by atoms with E-state index in [4.69, 9.17) is 6.42 Å². The van der Waals surface area contributed by atoms with Gasteiger partial charge in [-0.05, 0) is 65.6 Å². The monoisotopic (exact) mass is 509 g/mol. The van der Waals surface area contributed by atoms with Crippen LogP contribution in [0.2, 0.25) is 0 Å². The van der Waals surface area contributed by atoms with Crippen LogP contribution in [0.15, 0.2) is 96.7 Å². The van der Waals surface area contributed by atoms with Gasteiger partial charge in [0, 0.05) is 47.5 Å². The van der Waals surface area contributed by atoms with Crippen molar-refractivity contribution in [2.45, 2.75) is 51.4 Å². The summed E-state index contributed by atoms with van der Waals surface area (Å²) in [4.78, 5) is 2.50. The summed E-state index contributed by atoms with van der Waals surface area (Å²) in [5.41, 5.74) is 7.82. The third-order valence-electron chi connectivity index (χ3n) is 8.86. The van der Waals surface area contributed by atoms with Crippen LogP contribution in [0.25, 0.3) is 21.5 Å². The lowest BCUT2D eigenvalue weighted by Gasteiger charge is -2.27. The maximum Gasteiger partial charge on any atom is 0.210 e. The van der Waals surface area contributed by atoms with Crippen LogP contribution in [-0.4, -0.2) is 23.9 Å². The highest BCUT2D eigenvalue weighted by atomic mass is 15.2. The Morgan fingerprint density at radius 3 is 2.15 bits per heavy atom. The van der Waals surface area contributed by atoms with E-state index in [1.165, 1.54) is 55.5 Å². The predicted octanol–water partition coefficient (Wildman–Crippen LogP) is 8.65. The van der Waals surface area contributed by atoms with Gasteiger partial charge >= 0.3 is 0 Å². The van der Waals surface area contributed by atoms with Gasteiger partial charge in [0.25, 0.3) is 0 Å². The summed E-state index contributed by atoms with van der Waals surface area (Å²) >= 11 is 0. The molecule has 4 aromatic carbocycles. The first kappa shape index (κ1) is 25.2. The minimum Gasteiger partial charge on any atom is -0.344 e. The molecular weight excluding hydrogens is 472 g/mol. The van der Waals surface area contributed by atoms with Crippen molar-refractivity contribution in [1.29, 1.82) is 0 Å². The van der Waals surface area contributed by atoms with E-state index < -0.39 is 0 Å². The Balaban J connectivity index is 1.43. The van der Waals surface area contributed by atoms with E-state index in [0.717, 1.165) is 19.4 Å². The summed E-state index contributed by atoms with van der Waals surface area (Å²) in [6.07, 6.45) is 14.3. The minimum atomic E-state index is -0.127. The van der Waals surface area contributed by atoms with Crippen LogP contribution in [0.3, 0.4) is 0 Å². The average Bonchev–Trinajstić information content (AvgIpc) is 3.27. The smallest absolute Gasteiger partial charge is 0.210 e. The molecule has 0 bridgehead atoms. The number of fused-ring (bicyclic) bond motifs is 6. The van der Waals surface area contributed by atoms with E-state index in [1.807, 2.05) is 0 Å². The van der Waals surface area contributed by atoms with Crippen molar-refractivity contribution in [2.75, 3.05) is 18.5 Å². The van der Waals surface area contributed by atoms with E-state index >= 15 is 0 Å². The van der Waals surface area contributed by atoms with E-state index in [9.17, 15) is 0 Å². The average molecular weight is 510 g/mol. The first-order valence-electron chi connectivity index (χ1n) is 14.0. The molecule has 0 fully saturated rings. The molecule has 0 spiro atoms. The van der Waals surface area contributed by atoms with Crippen LogP contribution >= 0.6 is 0 Å². The second kappa shape index (κ2) is 9.28. The Kier molecular flexibility index (Phi) is 6.00. The Bertz CT molecular complexity index is 1750. The topological polar surface area (TPSA) is 6.25 Å². The molecule has 6 rings (SSSR count). The summed E-state index contributed by atoms with van der Waals surface area (Å²) in [6, 6.07) is 26.6. The van der Waals surface area contributed by atoms with Crippen LogP contribution in [0.4, 0.5) is 11.4 Å². The molecule has 2 heterocycles. The van der Waals surface area contributed by atoms with Crippen molar-refractivity contribution in [1.82, 2.24) is 0 Å². The van der Waals surface area contributed by atoms with Crippen LogP contribution in [0.1, 0.15) is 51.7 Å². The summed E-state index contributed by atoms with van der Waals surface area (Å²) in [7, 11) is 2.20. The second-order valence-corrected chi connectivity index (χ2v) is 11.9. The number of terminal acetylenes is 1. The molecule has 2 heteroatoms. The lowest BCUT2D eigenvalue weighted by Crippen LogP contribution is -2.28. The van der Waals surface area contributed by atoms with Gasteiger partial charge in [-0.2, -0.15) is 4.58 Å². The fourth-order valence-corrected chi connectivity index (χ4v) is 7.04. The Labute approximate surface area is 233 Å². The molecule has 2 aliphatic rings. The van der Waals surface area contributed by atoms with E-state index in [2.05, 4.69) is 141 Å². The second-order valence-electron chi connectivity index (χ2n) is 11.9. The summed E-state index contributed by atoms with van der Waals surface area (Å²) in [5.74, 6) is 2.83. The highest BCUT2D eigenvalue weighted by Crippen LogP contribution is 2.51. The molecule has 39 heavy (non-hydrogen) atoms. The number of nitrogens with zero attached hydrogens (tertiary/aromatic N) is 2. The van der Waals surface area contributed by atoms with Gasteiger partial charge in [-0.15, -0.1) is 12.3 Å². The predicted molar refractivity (Wildman–Crippen MR) is 167 cm³/mol. The molecule has 194 valence electrons. The fourth-order valence-electron chi connectivity index (χ4n) is 7.04. The molecule has 0 N–H and O–H groups in total. The van der Waals surface area contributed by atoms with Gasteiger partial charge in [-0.3, -0.25) is 0 Å². The number of rotatable bonds is 5. The van der Waals surface area contributed by atoms with Crippen molar-refractivity contribution >= 4 is 38.6 Å². The van der Waals surface area contributed by atoms with Crippen LogP contribution in [0.5, 0.6) is 0 Å². The minimum absolute atomic E-state index is 0.100. The highest BCUT2D eigenvalue weighted by Gasteiger charge is 2.44. The molecule has 0 radical (unpaired) electrons. The van der Waals surface area contributed by atoms with Gasteiger partial charge in [0.1, 0.15) is 7.05 Å². The van der Waals surface area contributed by atoms with Crippen molar-refractivity contribution in [2.24, 2.45) is 0 Å². The van der Waals surface area contributed by atoms with E-state index in [0.29, 0.717) is 0 Å². The van der Waals surface area contributed by atoms with E-state index in [-0.39, 0.29) is 10.8 Å². The third kappa shape index (κ3) is 3.83. The van der Waals surface area contributed by atoms with Crippen molar-refractivity contribution in [3.63, 3.8) is 0 Å². The van der Waals surface area contributed by atoms with E-state index in [1.54, 1.807) is 0 Å². The Morgan fingerprint density at radius 1 is 0.821 bits per heavy atom. The zero-order valence-electron chi connectivity index (χ0n) is 23.8. The van der Waals surface area contributed by atoms with Gasteiger partial charge in [0.15, 0.2) is 5.71 Å². The van der Waals surface area contributed by atoms with Gasteiger partial charge in [0.2, 0.25) is 5.69 Å². The Hall–Kier alpha value is -4.09. The molecule has 0 atom stereocenters. The van der Waals surface area contributed by atoms with Crippen LogP contribution < -0.4 is 4.90 Å². The molecule has 2 aliphatic heterocycles. The molecule has 2 nitrogen and oxygen atoms in total. The molecule has 0 amide bonds. The zero-order valence-corrected chi connectivity index (χ0v) is 23.8. The Morgan fingerprint density at radius 2 is 1.46 bits per heavy atom. The van der Waals surface area contributed by atoms with Crippen LogP contribution in [-0.2, 0) is 10.8 Å². The molecule has 0 saturated heterocycles. The summed E-state index contributed by atoms with van der Waals surface area (Å²) < 4.78 is 2.36. The highest BCUT2D eigenvalue weighted by molar-refractivity contribution is 6.07. The zero-order chi connectivity index (χ0) is 27.4. The molecule has 4 aromatic rings. The molecular formula is C37H37N2+. The normalized spacial score (nSPS) is 18.4. The molecule has 0 aliphatic carbocycles. The standard InChI is InChI=1S/C37H37N2/c1-7-8-13-25-39-31-24-22-27-16-10-12-18-29(27)35(31)37(4,5)33(39)20-14-19-32-36(2,3)34-28-17-11-9-15-26(28)21-23-30(34)38(32)6/h1,9-12,14-24H,8,13,25H2,2-6H3/q+1.